The van der Waals surface area contributed by atoms with Crippen LogP contribution >= 0.6 is 12.2 Å². The van der Waals surface area contributed by atoms with Gasteiger partial charge in [-0.25, -0.2) is 5.01 Å². The summed E-state index contributed by atoms with van der Waals surface area (Å²) in [6.07, 6.45) is 1.48. The lowest BCUT2D eigenvalue weighted by atomic mass is 10.0. The molecular formula is C11H13N3OS. The quantitative estimate of drug-likeness (QED) is 0.737. The van der Waals surface area contributed by atoms with Gasteiger partial charge >= 0.3 is 0 Å². The number of hydrogen-bond acceptors (Lipinski definition) is 3. The second-order valence-electron chi connectivity index (χ2n) is 3.70. The first kappa shape index (κ1) is 11.0. The molecule has 2 rings (SSSR count). The van der Waals surface area contributed by atoms with Crippen molar-refractivity contribution >= 4 is 23.5 Å². The summed E-state index contributed by atoms with van der Waals surface area (Å²) in [5.41, 5.74) is -0.512. The van der Waals surface area contributed by atoms with E-state index in [2.05, 4.69) is 5.10 Å². The molecule has 0 fully saturated rings. The third kappa shape index (κ3) is 1.58. The van der Waals surface area contributed by atoms with Crippen molar-refractivity contribution in [3.63, 3.8) is 0 Å². The van der Waals surface area contributed by atoms with E-state index in [0.29, 0.717) is 5.11 Å². The second kappa shape index (κ2) is 3.84. The largest absolute Gasteiger partial charge is 0.362 e. The maximum atomic E-state index is 10.6. The number of rotatable bonds is 1. The molecule has 5 heteroatoms. The summed E-state index contributed by atoms with van der Waals surface area (Å²) >= 11 is 5.18. The van der Waals surface area contributed by atoms with Crippen LogP contribution in [0.2, 0.25) is 0 Å². The molecule has 1 aliphatic heterocycles. The first-order chi connectivity index (χ1) is 7.55. The Bertz CT molecular complexity index is 434. The van der Waals surface area contributed by atoms with Gasteiger partial charge < -0.3 is 10.0 Å². The van der Waals surface area contributed by atoms with E-state index in [1.807, 2.05) is 30.3 Å². The molecule has 0 spiro atoms. The Morgan fingerprint density at radius 3 is 2.50 bits per heavy atom. The van der Waals surface area contributed by atoms with E-state index in [4.69, 9.17) is 12.2 Å². The minimum Gasteiger partial charge on any atom is -0.362 e. The predicted molar refractivity (Wildman–Crippen MR) is 67.0 cm³/mol. The van der Waals surface area contributed by atoms with Crippen LogP contribution in [0.3, 0.4) is 0 Å². The summed E-state index contributed by atoms with van der Waals surface area (Å²) in [6.45, 7) is 0. The van der Waals surface area contributed by atoms with Crippen LogP contribution in [-0.2, 0) is 5.72 Å². The monoisotopic (exact) mass is 235 g/mol. The summed E-state index contributed by atoms with van der Waals surface area (Å²) in [7, 11) is 3.50. The Hall–Kier alpha value is -1.46. The molecule has 1 aromatic rings. The van der Waals surface area contributed by atoms with Crippen LogP contribution in [0, 0.1) is 0 Å². The van der Waals surface area contributed by atoms with Crippen molar-refractivity contribution in [2.45, 2.75) is 5.72 Å². The molecule has 0 saturated carbocycles. The number of hydrogen-bond donors (Lipinski definition) is 1. The number of hydrazone groups is 1. The lowest BCUT2D eigenvalue weighted by molar-refractivity contribution is -0.00322. The van der Waals surface area contributed by atoms with E-state index >= 15 is 0 Å². The van der Waals surface area contributed by atoms with E-state index in [-0.39, 0.29) is 0 Å². The molecule has 16 heavy (non-hydrogen) atoms. The topological polar surface area (TPSA) is 39.1 Å². The van der Waals surface area contributed by atoms with Gasteiger partial charge in [-0.05, 0) is 12.2 Å². The number of nitrogens with zero attached hydrogens (tertiary/aromatic N) is 3. The van der Waals surface area contributed by atoms with Gasteiger partial charge in [0.2, 0.25) is 5.72 Å². The standard InChI is InChI=1S/C11H13N3OS/c1-13-10(16)14(2)12-8-11(13,15)9-6-4-3-5-7-9/h3-8,15H,1-2H3. The molecule has 1 atom stereocenters. The number of benzene rings is 1. The highest BCUT2D eigenvalue weighted by atomic mass is 32.1. The zero-order chi connectivity index (χ0) is 11.8. The molecule has 1 aliphatic rings. The van der Waals surface area contributed by atoms with Gasteiger partial charge in [0.1, 0.15) is 0 Å². The van der Waals surface area contributed by atoms with E-state index < -0.39 is 5.72 Å². The van der Waals surface area contributed by atoms with Gasteiger partial charge in [-0.15, -0.1) is 0 Å². The molecule has 4 nitrogen and oxygen atoms in total. The van der Waals surface area contributed by atoms with E-state index in [9.17, 15) is 5.11 Å². The van der Waals surface area contributed by atoms with Crippen molar-refractivity contribution in [1.29, 1.82) is 0 Å². The van der Waals surface area contributed by atoms with Gasteiger partial charge in [-0.1, -0.05) is 30.3 Å². The van der Waals surface area contributed by atoms with Crippen LogP contribution in [0.15, 0.2) is 35.4 Å². The molecular weight excluding hydrogens is 222 g/mol. The summed E-state index contributed by atoms with van der Waals surface area (Å²) < 4.78 is 0. The van der Waals surface area contributed by atoms with Crippen molar-refractivity contribution in [2.24, 2.45) is 5.10 Å². The zero-order valence-corrected chi connectivity index (χ0v) is 9.98. The highest BCUT2D eigenvalue weighted by molar-refractivity contribution is 7.80. The molecule has 1 unspecified atom stereocenters. The maximum absolute atomic E-state index is 10.6. The van der Waals surface area contributed by atoms with Crippen molar-refractivity contribution in [3.05, 3.63) is 35.9 Å². The van der Waals surface area contributed by atoms with Crippen LogP contribution in [0.4, 0.5) is 0 Å². The summed E-state index contributed by atoms with van der Waals surface area (Å²) in [5, 5.41) is 16.7. The molecule has 1 aromatic carbocycles. The Balaban J connectivity index is 2.47. The van der Waals surface area contributed by atoms with E-state index in [1.165, 1.54) is 6.21 Å². The number of thiocarbonyl (C=S) groups is 1. The van der Waals surface area contributed by atoms with Gasteiger partial charge in [0.15, 0.2) is 5.11 Å². The van der Waals surface area contributed by atoms with Gasteiger partial charge in [0, 0.05) is 19.7 Å². The van der Waals surface area contributed by atoms with E-state index in [0.717, 1.165) is 5.56 Å². The molecule has 0 aromatic heterocycles. The highest BCUT2D eigenvalue weighted by Gasteiger charge is 2.38. The smallest absolute Gasteiger partial charge is 0.205 e. The van der Waals surface area contributed by atoms with Crippen LogP contribution in [0.5, 0.6) is 0 Å². The van der Waals surface area contributed by atoms with Crippen LogP contribution in [-0.4, -0.2) is 40.4 Å². The molecule has 1 N–H and O–H groups in total. The average Bonchev–Trinajstić information content (AvgIpc) is 2.33. The fourth-order valence-corrected chi connectivity index (χ4v) is 1.80. The lowest BCUT2D eigenvalue weighted by Crippen LogP contribution is -2.55. The fourth-order valence-electron chi connectivity index (χ4n) is 1.62. The maximum Gasteiger partial charge on any atom is 0.205 e. The van der Waals surface area contributed by atoms with Crippen molar-refractivity contribution in [3.8, 4) is 0 Å². The first-order valence-electron chi connectivity index (χ1n) is 4.90. The Morgan fingerprint density at radius 2 is 1.88 bits per heavy atom. The summed E-state index contributed by atoms with van der Waals surface area (Å²) in [4.78, 5) is 1.62. The summed E-state index contributed by atoms with van der Waals surface area (Å²) in [5.74, 6) is 0. The van der Waals surface area contributed by atoms with Gasteiger partial charge in [-0.2, -0.15) is 5.10 Å². The zero-order valence-electron chi connectivity index (χ0n) is 9.16. The Labute approximate surface area is 99.8 Å². The Kier molecular flexibility index (Phi) is 2.65. The summed E-state index contributed by atoms with van der Waals surface area (Å²) in [6, 6.07) is 9.33. The minimum atomic E-state index is -1.26. The van der Waals surface area contributed by atoms with Crippen LogP contribution < -0.4 is 0 Å². The van der Waals surface area contributed by atoms with Crippen LogP contribution in [0.1, 0.15) is 5.56 Å². The molecule has 0 amide bonds. The fraction of sp³-hybridized carbons (Fsp3) is 0.273. The van der Waals surface area contributed by atoms with Gasteiger partial charge in [-0.3, -0.25) is 0 Å². The lowest BCUT2D eigenvalue weighted by Gasteiger charge is -2.41. The van der Waals surface area contributed by atoms with Gasteiger partial charge in [0.25, 0.3) is 0 Å². The Morgan fingerprint density at radius 1 is 1.25 bits per heavy atom. The molecule has 0 bridgehead atoms. The molecule has 0 saturated heterocycles. The second-order valence-corrected chi connectivity index (χ2v) is 4.07. The van der Waals surface area contributed by atoms with Crippen molar-refractivity contribution in [1.82, 2.24) is 9.91 Å². The van der Waals surface area contributed by atoms with Crippen molar-refractivity contribution in [2.75, 3.05) is 14.1 Å². The number of aliphatic hydroxyl groups is 1. The van der Waals surface area contributed by atoms with Crippen LogP contribution in [0.25, 0.3) is 0 Å². The average molecular weight is 235 g/mol. The molecule has 1 heterocycles. The molecule has 84 valence electrons. The molecule has 0 aliphatic carbocycles. The van der Waals surface area contributed by atoms with Crippen molar-refractivity contribution < 1.29 is 5.11 Å². The first-order valence-corrected chi connectivity index (χ1v) is 5.31. The minimum absolute atomic E-state index is 0.480. The molecule has 0 radical (unpaired) electrons. The normalized spacial score (nSPS) is 25.1. The van der Waals surface area contributed by atoms with E-state index in [1.54, 1.807) is 24.0 Å². The third-order valence-corrected chi connectivity index (χ3v) is 3.22. The highest BCUT2D eigenvalue weighted by Crippen LogP contribution is 2.26. The third-order valence-electron chi connectivity index (χ3n) is 2.68. The van der Waals surface area contributed by atoms with Gasteiger partial charge in [0.05, 0.1) is 6.21 Å². The predicted octanol–water partition coefficient (Wildman–Crippen LogP) is 0.980. The SMILES string of the molecule is CN1N=CC(O)(c2ccccc2)N(C)C1=S.